The van der Waals surface area contributed by atoms with Crippen molar-refractivity contribution in [1.82, 2.24) is 24.8 Å². The van der Waals surface area contributed by atoms with Gasteiger partial charge in [-0.2, -0.15) is 0 Å². The Hall–Kier alpha value is -3.22. The fourth-order valence-corrected chi connectivity index (χ4v) is 3.21. The molecule has 0 bridgehead atoms. The van der Waals surface area contributed by atoms with Crippen molar-refractivity contribution in [3.8, 4) is 5.82 Å². The largest absolute Gasteiger partial charge is 0.356 e. The summed E-state index contributed by atoms with van der Waals surface area (Å²) in [5.41, 5.74) is 1.41. The lowest BCUT2D eigenvalue weighted by Crippen LogP contribution is -2.30. The molecule has 0 spiro atoms. The van der Waals surface area contributed by atoms with E-state index < -0.39 is 0 Å². The Balaban J connectivity index is 1.45. The highest BCUT2D eigenvalue weighted by atomic mass is 16.1. The molecule has 0 radical (unpaired) electrons. The van der Waals surface area contributed by atoms with E-state index in [0.717, 1.165) is 24.5 Å². The number of hydrogen-bond acceptors (Lipinski definition) is 5. The molecule has 1 fully saturated rings. The van der Waals surface area contributed by atoms with E-state index in [1.54, 1.807) is 23.4 Å². The molecule has 4 rings (SSSR count). The zero-order chi connectivity index (χ0) is 18.5. The molecule has 1 N–H and O–H groups in total. The molecular formula is C20H22N6O. The first kappa shape index (κ1) is 17.2. The van der Waals surface area contributed by atoms with E-state index >= 15 is 0 Å². The van der Waals surface area contributed by atoms with Crippen molar-refractivity contribution >= 4 is 11.7 Å². The molecule has 2 aromatic heterocycles. The van der Waals surface area contributed by atoms with Gasteiger partial charge in [-0.05, 0) is 24.8 Å². The number of carbonyl (C=O) groups is 1. The van der Waals surface area contributed by atoms with Gasteiger partial charge in [0.15, 0.2) is 0 Å². The zero-order valence-corrected chi connectivity index (χ0v) is 15.1. The number of piperidine rings is 1. The molecular weight excluding hydrogens is 340 g/mol. The van der Waals surface area contributed by atoms with Crippen LogP contribution in [0.15, 0.2) is 55.2 Å². The van der Waals surface area contributed by atoms with Crippen LogP contribution in [0.25, 0.3) is 5.82 Å². The third kappa shape index (κ3) is 4.13. The molecule has 1 saturated heterocycles. The van der Waals surface area contributed by atoms with Gasteiger partial charge in [0.1, 0.15) is 30.0 Å². The lowest BCUT2D eigenvalue weighted by Gasteiger charge is -2.27. The molecule has 138 valence electrons. The van der Waals surface area contributed by atoms with E-state index in [4.69, 9.17) is 0 Å². The Morgan fingerprint density at radius 3 is 2.59 bits per heavy atom. The third-order valence-electron chi connectivity index (χ3n) is 4.69. The molecule has 3 aromatic rings. The van der Waals surface area contributed by atoms with Crippen molar-refractivity contribution in [1.29, 1.82) is 0 Å². The van der Waals surface area contributed by atoms with Crippen molar-refractivity contribution < 1.29 is 4.79 Å². The van der Waals surface area contributed by atoms with Gasteiger partial charge in [-0.25, -0.2) is 15.0 Å². The second-order valence-corrected chi connectivity index (χ2v) is 6.62. The summed E-state index contributed by atoms with van der Waals surface area (Å²) in [6, 6.07) is 11.7. The van der Waals surface area contributed by atoms with E-state index in [-0.39, 0.29) is 5.91 Å². The first-order valence-corrected chi connectivity index (χ1v) is 9.23. The van der Waals surface area contributed by atoms with Crippen LogP contribution in [0.3, 0.4) is 0 Å². The Labute approximate surface area is 158 Å². The van der Waals surface area contributed by atoms with Gasteiger partial charge in [-0.3, -0.25) is 9.36 Å². The maximum atomic E-state index is 12.3. The van der Waals surface area contributed by atoms with Gasteiger partial charge in [0, 0.05) is 31.9 Å². The summed E-state index contributed by atoms with van der Waals surface area (Å²) in [6.07, 6.45) is 8.53. The van der Waals surface area contributed by atoms with Gasteiger partial charge in [0.2, 0.25) is 0 Å². The average molecular weight is 362 g/mol. The topological polar surface area (TPSA) is 75.9 Å². The Kier molecular flexibility index (Phi) is 5.09. The normalized spacial score (nSPS) is 14.1. The monoisotopic (exact) mass is 362 g/mol. The predicted octanol–water partition coefficient (Wildman–Crippen LogP) is 2.58. The van der Waals surface area contributed by atoms with Gasteiger partial charge >= 0.3 is 0 Å². The highest BCUT2D eigenvalue weighted by Crippen LogP contribution is 2.19. The molecule has 0 unspecified atom stereocenters. The fourth-order valence-electron chi connectivity index (χ4n) is 3.21. The number of anilines is 1. The first-order valence-electron chi connectivity index (χ1n) is 9.23. The molecule has 1 aliphatic heterocycles. The third-order valence-corrected chi connectivity index (χ3v) is 4.69. The summed E-state index contributed by atoms with van der Waals surface area (Å²) in [6.45, 7) is 2.51. The Bertz CT molecular complexity index is 902. The smallest absolute Gasteiger partial charge is 0.271 e. The summed E-state index contributed by atoms with van der Waals surface area (Å²) in [7, 11) is 0. The molecule has 7 heteroatoms. The second kappa shape index (κ2) is 7.99. The number of nitrogens with one attached hydrogen (secondary N) is 1. The molecule has 0 atom stereocenters. The van der Waals surface area contributed by atoms with Crippen LogP contribution in [0.1, 0.15) is 35.3 Å². The Morgan fingerprint density at radius 1 is 1.00 bits per heavy atom. The first-order chi connectivity index (χ1) is 13.3. The SMILES string of the molecule is O=C(NCc1ccccc1)c1cn(-c2cc(N3CCCCC3)ncn2)cn1. The molecule has 1 aliphatic rings. The number of rotatable bonds is 5. The van der Waals surface area contributed by atoms with Crippen molar-refractivity contribution in [2.45, 2.75) is 25.8 Å². The molecule has 1 aromatic carbocycles. The van der Waals surface area contributed by atoms with E-state index in [0.29, 0.717) is 18.1 Å². The lowest BCUT2D eigenvalue weighted by atomic mass is 10.1. The predicted molar refractivity (Wildman–Crippen MR) is 103 cm³/mol. The zero-order valence-electron chi connectivity index (χ0n) is 15.1. The number of aromatic nitrogens is 4. The number of benzene rings is 1. The van der Waals surface area contributed by atoms with Crippen LogP contribution in [0.5, 0.6) is 0 Å². The van der Waals surface area contributed by atoms with Gasteiger partial charge < -0.3 is 10.2 Å². The van der Waals surface area contributed by atoms with E-state index in [2.05, 4.69) is 25.2 Å². The molecule has 7 nitrogen and oxygen atoms in total. The van der Waals surface area contributed by atoms with Gasteiger partial charge in [0.05, 0.1) is 0 Å². The maximum Gasteiger partial charge on any atom is 0.271 e. The average Bonchev–Trinajstić information content (AvgIpc) is 3.24. The minimum atomic E-state index is -0.206. The van der Waals surface area contributed by atoms with Crippen LogP contribution in [0.4, 0.5) is 5.82 Å². The number of imidazole rings is 1. The molecule has 0 aliphatic carbocycles. The second-order valence-electron chi connectivity index (χ2n) is 6.62. The van der Waals surface area contributed by atoms with Crippen LogP contribution in [-0.2, 0) is 6.54 Å². The van der Waals surface area contributed by atoms with Crippen LogP contribution in [-0.4, -0.2) is 38.5 Å². The van der Waals surface area contributed by atoms with Crippen LogP contribution >= 0.6 is 0 Å². The summed E-state index contributed by atoms with van der Waals surface area (Å²) >= 11 is 0. The van der Waals surface area contributed by atoms with E-state index in [9.17, 15) is 4.79 Å². The van der Waals surface area contributed by atoms with Crippen LogP contribution in [0.2, 0.25) is 0 Å². The minimum absolute atomic E-state index is 0.206. The molecule has 3 heterocycles. The summed E-state index contributed by atoms with van der Waals surface area (Å²) in [5, 5.41) is 2.89. The van der Waals surface area contributed by atoms with Crippen LogP contribution in [0, 0.1) is 0 Å². The Morgan fingerprint density at radius 2 is 1.78 bits per heavy atom. The fraction of sp³-hybridized carbons (Fsp3) is 0.300. The van der Waals surface area contributed by atoms with Gasteiger partial charge in [-0.15, -0.1) is 0 Å². The number of amides is 1. The quantitative estimate of drug-likeness (QED) is 0.755. The van der Waals surface area contributed by atoms with Crippen LogP contribution < -0.4 is 10.2 Å². The van der Waals surface area contributed by atoms with Crippen molar-refractivity contribution in [2.75, 3.05) is 18.0 Å². The summed E-state index contributed by atoms with van der Waals surface area (Å²) < 4.78 is 1.76. The van der Waals surface area contributed by atoms with Crippen molar-refractivity contribution in [2.24, 2.45) is 0 Å². The number of hydrogen-bond donors (Lipinski definition) is 1. The summed E-state index contributed by atoms with van der Waals surface area (Å²) in [5.74, 6) is 1.42. The number of nitrogens with zero attached hydrogens (tertiary/aromatic N) is 5. The van der Waals surface area contributed by atoms with E-state index in [1.165, 1.54) is 19.3 Å². The van der Waals surface area contributed by atoms with Crippen molar-refractivity contribution in [3.05, 3.63) is 66.5 Å². The van der Waals surface area contributed by atoms with Crippen molar-refractivity contribution in [3.63, 3.8) is 0 Å². The number of carbonyl (C=O) groups excluding carboxylic acids is 1. The molecule has 27 heavy (non-hydrogen) atoms. The van der Waals surface area contributed by atoms with E-state index in [1.807, 2.05) is 36.4 Å². The lowest BCUT2D eigenvalue weighted by molar-refractivity contribution is 0.0946. The maximum absolute atomic E-state index is 12.3. The summed E-state index contributed by atoms with van der Waals surface area (Å²) in [4.78, 5) is 27.6. The standard InChI is InChI=1S/C20H22N6O/c27-20(21-12-16-7-3-1-4-8-16)17-13-26(15-24-17)19-11-18(22-14-23-19)25-9-5-2-6-10-25/h1,3-4,7-8,11,13-15H,2,5-6,9-10,12H2,(H,21,27). The van der Waals surface area contributed by atoms with Gasteiger partial charge in [0.25, 0.3) is 5.91 Å². The highest BCUT2D eigenvalue weighted by Gasteiger charge is 2.14. The minimum Gasteiger partial charge on any atom is -0.356 e. The highest BCUT2D eigenvalue weighted by molar-refractivity contribution is 5.92. The van der Waals surface area contributed by atoms with Gasteiger partial charge in [-0.1, -0.05) is 30.3 Å². The molecule has 1 amide bonds. The molecule has 0 saturated carbocycles.